The molecule has 0 amide bonds. The number of hydrogen-bond acceptors (Lipinski definition) is 5. The van der Waals surface area contributed by atoms with E-state index in [0.29, 0.717) is 11.5 Å². The van der Waals surface area contributed by atoms with Crippen molar-refractivity contribution in [1.29, 1.82) is 0 Å². The molecule has 3 N–H and O–H groups in total. The third-order valence-corrected chi connectivity index (χ3v) is 4.58. The number of piperidine rings is 1. The summed E-state index contributed by atoms with van der Waals surface area (Å²) in [6, 6.07) is 0. The molecule has 21 heavy (non-hydrogen) atoms. The largest absolute Gasteiger partial charge is 0.409 e. The van der Waals surface area contributed by atoms with Crippen LogP contribution < -0.4 is 10.6 Å². The Hall–Kier alpha value is -1.85. The lowest BCUT2D eigenvalue weighted by molar-refractivity contribution is 0.310. The predicted molar refractivity (Wildman–Crippen MR) is 83.8 cm³/mol. The fraction of sp³-hybridized carbons (Fsp3) is 0.667. The molecule has 1 aromatic rings. The Kier molecular flexibility index (Phi) is 4.65. The number of amidine groups is 1. The zero-order chi connectivity index (χ0) is 15.6. The van der Waals surface area contributed by atoms with Crippen LogP contribution in [0.15, 0.2) is 5.16 Å². The molecule has 1 aliphatic heterocycles. The van der Waals surface area contributed by atoms with Crippen LogP contribution in [0.4, 0.5) is 5.82 Å². The van der Waals surface area contributed by atoms with Gasteiger partial charge in [-0.15, -0.1) is 5.10 Å². The highest BCUT2D eigenvalue weighted by molar-refractivity contribution is 6.02. The minimum atomic E-state index is 0.103. The normalized spacial score (nSPS) is 17.6. The van der Waals surface area contributed by atoms with Crippen molar-refractivity contribution in [2.45, 2.75) is 40.5 Å². The lowest BCUT2D eigenvalue weighted by Gasteiger charge is -2.35. The molecule has 1 aliphatic rings. The molecule has 0 radical (unpaired) electrons. The summed E-state index contributed by atoms with van der Waals surface area (Å²) in [7, 11) is 0. The second kappa shape index (κ2) is 6.28. The van der Waals surface area contributed by atoms with Crippen LogP contribution in [0.1, 0.15) is 43.5 Å². The van der Waals surface area contributed by atoms with Gasteiger partial charge in [0.25, 0.3) is 0 Å². The molecule has 0 spiro atoms. The van der Waals surface area contributed by atoms with Crippen molar-refractivity contribution in [2.24, 2.45) is 22.7 Å². The highest BCUT2D eigenvalue weighted by Crippen LogP contribution is 2.29. The topological polar surface area (TPSA) is 87.6 Å². The second-order valence-corrected chi connectivity index (χ2v) is 6.16. The molecule has 2 heterocycles. The van der Waals surface area contributed by atoms with E-state index < -0.39 is 0 Å². The van der Waals surface area contributed by atoms with Crippen LogP contribution in [0.5, 0.6) is 0 Å². The van der Waals surface area contributed by atoms with Gasteiger partial charge in [-0.1, -0.05) is 19.0 Å². The van der Waals surface area contributed by atoms with Crippen LogP contribution in [0.25, 0.3) is 0 Å². The Bertz CT molecular complexity index is 533. The molecule has 116 valence electrons. The maximum atomic E-state index is 9.04. The summed E-state index contributed by atoms with van der Waals surface area (Å²) in [6.45, 7) is 10.2. The SMILES string of the molecule is Cc1nnc(N2CCC(C(C)C)CC2)c(C(N)=NO)c1C. The van der Waals surface area contributed by atoms with Gasteiger partial charge in [-0.25, -0.2) is 0 Å². The van der Waals surface area contributed by atoms with Gasteiger partial charge in [0.15, 0.2) is 11.7 Å². The van der Waals surface area contributed by atoms with Crippen LogP contribution in [-0.2, 0) is 0 Å². The Morgan fingerprint density at radius 2 is 1.90 bits per heavy atom. The van der Waals surface area contributed by atoms with Gasteiger partial charge in [0.1, 0.15) is 0 Å². The number of nitrogens with zero attached hydrogens (tertiary/aromatic N) is 4. The summed E-state index contributed by atoms with van der Waals surface area (Å²) in [5.41, 5.74) is 8.28. The molecule has 0 aromatic carbocycles. The Balaban J connectivity index is 2.31. The summed E-state index contributed by atoms with van der Waals surface area (Å²) < 4.78 is 0. The first kappa shape index (κ1) is 15.5. The second-order valence-electron chi connectivity index (χ2n) is 6.16. The van der Waals surface area contributed by atoms with E-state index in [1.54, 1.807) is 0 Å². The number of nitrogens with two attached hydrogens (primary N) is 1. The third kappa shape index (κ3) is 3.09. The van der Waals surface area contributed by atoms with Crippen molar-refractivity contribution in [3.63, 3.8) is 0 Å². The monoisotopic (exact) mass is 291 g/mol. The summed E-state index contributed by atoms with van der Waals surface area (Å²) in [5, 5.41) is 20.7. The Morgan fingerprint density at radius 3 is 2.43 bits per heavy atom. The quantitative estimate of drug-likeness (QED) is 0.385. The minimum absolute atomic E-state index is 0.103. The number of oxime groups is 1. The van der Waals surface area contributed by atoms with E-state index in [9.17, 15) is 0 Å². The van der Waals surface area contributed by atoms with Crippen molar-refractivity contribution in [2.75, 3.05) is 18.0 Å². The van der Waals surface area contributed by atoms with E-state index in [1.807, 2.05) is 13.8 Å². The van der Waals surface area contributed by atoms with Crippen molar-refractivity contribution < 1.29 is 5.21 Å². The van der Waals surface area contributed by atoms with Gasteiger partial charge in [0.05, 0.1) is 11.3 Å². The van der Waals surface area contributed by atoms with Crippen LogP contribution in [0.2, 0.25) is 0 Å². The maximum absolute atomic E-state index is 9.04. The number of aryl methyl sites for hydroxylation is 1. The van der Waals surface area contributed by atoms with E-state index in [2.05, 4.69) is 34.1 Å². The summed E-state index contributed by atoms with van der Waals surface area (Å²) >= 11 is 0. The smallest absolute Gasteiger partial charge is 0.174 e. The number of hydrogen-bond donors (Lipinski definition) is 2. The van der Waals surface area contributed by atoms with Crippen LogP contribution in [0.3, 0.4) is 0 Å². The van der Waals surface area contributed by atoms with Crippen molar-refractivity contribution in [3.8, 4) is 0 Å². The first-order valence-corrected chi connectivity index (χ1v) is 7.52. The number of anilines is 1. The van der Waals surface area contributed by atoms with Crippen LogP contribution in [-0.4, -0.2) is 34.3 Å². The van der Waals surface area contributed by atoms with Gasteiger partial charge >= 0.3 is 0 Å². The molecule has 6 heteroatoms. The van der Waals surface area contributed by atoms with Crippen molar-refractivity contribution in [1.82, 2.24) is 10.2 Å². The van der Waals surface area contributed by atoms with Gasteiger partial charge in [-0.3, -0.25) is 0 Å². The molecule has 0 saturated carbocycles. The van der Waals surface area contributed by atoms with Crippen LogP contribution >= 0.6 is 0 Å². The average molecular weight is 291 g/mol. The first-order valence-electron chi connectivity index (χ1n) is 7.52. The predicted octanol–water partition coefficient (Wildman–Crippen LogP) is 2.06. The van der Waals surface area contributed by atoms with Gasteiger partial charge in [0, 0.05) is 13.1 Å². The van der Waals surface area contributed by atoms with E-state index >= 15 is 0 Å². The fourth-order valence-electron chi connectivity index (χ4n) is 2.95. The lowest BCUT2D eigenvalue weighted by atomic mass is 9.86. The molecule has 0 aliphatic carbocycles. The van der Waals surface area contributed by atoms with E-state index in [4.69, 9.17) is 10.9 Å². The lowest BCUT2D eigenvalue weighted by Crippen LogP contribution is -2.37. The molecular weight excluding hydrogens is 266 g/mol. The maximum Gasteiger partial charge on any atom is 0.174 e. The first-order chi connectivity index (χ1) is 9.95. The molecule has 2 rings (SSSR count). The highest BCUT2D eigenvalue weighted by atomic mass is 16.4. The van der Waals surface area contributed by atoms with Gasteiger partial charge in [0.2, 0.25) is 0 Å². The summed E-state index contributed by atoms with van der Waals surface area (Å²) in [5.74, 6) is 2.30. The van der Waals surface area contributed by atoms with E-state index in [1.165, 1.54) is 0 Å². The molecular formula is C15H25N5O. The van der Waals surface area contributed by atoms with Crippen LogP contribution in [0, 0.1) is 25.7 Å². The van der Waals surface area contributed by atoms with E-state index in [-0.39, 0.29) is 5.84 Å². The zero-order valence-corrected chi connectivity index (χ0v) is 13.3. The Morgan fingerprint density at radius 1 is 1.29 bits per heavy atom. The fourth-order valence-corrected chi connectivity index (χ4v) is 2.95. The Labute approximate surface area is 126 Å². The molecule has 6 nitrogen and oxygen atoms in total. The summed E-state index contributed by atoms with van der Waals surface area (Å²) in [6.07, 6.45) is 2.28. The van der Waals surface area contributed by atoms with Crippen molar-refractivity contribution >= 4 is 11.7 Å². The molecule has 0 bridgehead atoms. The van der Waals surface area contributed by atoms with E-state index in [0.717, 1.165) is 48.9 Å². The van der Waals surface area contributed by atoms with Crippen molar-refractivity contribution in [3.05, 3.63) is 16.8 Å². The molecule has 1 saturated heterocycles. The highest BCUT2D eigenvalue weighted by Gasteiger charge is 2.26. The van der Waals surface area contributed by atoms with Gasteiger partial charge in [-0.2, -0.15) is 5.10 Å². The number of aromatic nitrogens is 2. The molecule has 0 atom stereocenters. The standard InChI is InChI=1S/C15H25N5O/c1-9(2)12-5-7-20(8-6-12)15-13(14(16)19-21)10(3)11(4)17-18-15/h9,12,21H,5-8H2,1-4H3,(H2,16,19). The average Bonchev–Trinajstić information content (AvgIpc) is 2.49. The minimum Gasteiger partial charge on any atom is -0.409 e. The molecule has 1 fully saturated rings. The summed E-state index contributed by atoms with van der Waals surface area (Å²) in [4.78, 5) is 2.20. The number of rotatable bonds is 3. The molecule has 0 unspecified atom stereocenters. The van der Waals surface area contributed by atoms with Gasteiger partial charge < -0.3 is 15.8 Å². The molecule has 1 aromatic heterocycles. The third-order valence-electron chi connectivity index (χ3n) is 4.58. The zero-order valence-electron chi connectivity index (χ0n) is 13.3. The van der Waals surface area contributed by atoms with Gasteiger partial charge in [-0.05, 0) is 44.1 Å².